The number of hydrogen-bond donors (Lipinski definition) is 2. The molecule has 0 aliphatic carbocycles. The van der Waals surface area contributed by atoms with E-state index in [-0.39, 0.29) is 18.1 Å². The molecule has 0 aromatic heterocycles. The first kappa shape index (κ1) is 20.9. The number of hydrogen-bond acceptors (Lipinski definition) is 7. The molecule has 0 bridgehead atoms. The molecule has 2 N–H and O–H groups in total. The molecule has 2 aromatic rings. The fourth-order valence-electron chi connectivity index (χ4n) is 2.73. The lowest BCUT2D eigenvalue weighted by Crippen LogP contribution is -2.31. The third-order valence-corrected chi connectivity index (χ3v) is 4.19. The summed E-state index contributed by atoms with van der Waals surface area (Å²) in [7, 11) is 0. The summed E-state index contributed by atoms with van der Waals surface area (Å²) in [6.07, 6.45) is -1.15. The molecular formula is C22H22N2O6. The van der Waals surface area contributed by atoms with Crippen LogP contribution in [0.15, 0.2) is 66.1 Å². The largest absolute Gasteiger partial charge is 0.492 e. The van der Waals surface area contributed by atoms with E-state index in [1.165, 1.54) is 6.92 Å². The quantitative estimate of drug-likeness (QED) is 0.509. The van der Waals surface area contributed by atoms with Crippen LogP contribution in [0.1, 0.15) is 13.8 Å². The van der Waals surface area contributed by atoms with Gasteiger partial charge in [0.1, 0.15) is 5.75 Å². The van der Waals surface area contributed by atoms with Crippen molar-refractivity contribution in [3.05, 3.63) is 66.1 Å². The Labute approximate surface area is 173 Å². The molecule has 156 valence electrons. The van der Waals surface area contributed by atoms with Gasteiger partial charge in [-0.15, -0.1) is 0 Å². The standard InChI is InChI=1S/C22H22N2O6/c1-3-28-18-12-8-7-11-16(18)24-20(26)14(2)30-22(27)19-17(25)13-29-21(19)23-15-9-5-4-6-10-15/h4-12,14,23H,3,13H2,1-2H3,(H,24,26)/t14-/m0/s1. The van der Waals surface area contributed by atoms with Gasteiger partial charge in [0.05, 0.1) is 12.3 Å². The van der Waals surface area contributed by atoms with Crippen molar-refractivity contribution >= 4 is 29.0 Å². The maximum absolute atomic E-state index is 12.6. The number of esters is 1. The molecule has 0 saturated heterocycles. The van der Waals surface area contributed by atoms with Crippen LogP contribution >= 0.6 is 0 Å². The third-order valence-electron chi connectivity index (χ3n) is 4.19. The summed E-state index contributed by atoms with van der Waals surface area (Å²) >= 11 is 0. The Morgan fingerprint density at radius 2 is 1.80 bits per heavy atom. The molecule has 0 unspecified atom stereocenters. The summed E-state index contributed by atoms with van der Waals surface area (Å²) < 4.78 is 16.0. The van der Waals surface area contributed by atoms with E-state index in [9.17, 15) is 14.4 Å². The lowest BCUT2D eigenvalue weighted by molar-refractivity contribution is -0.150. The molecule has 1 atom stereocenters. The molecule has 0 fully saturated rings. The summed E-state index contributed by atoms with van der Waals surface area (Å²) in [6.45, 7) is 3.41. The Morgan fingerprint density at radius 3 is 2.53 bits per heavy atom. The van der Waals surface area contributed by atoms with Gasteiger partial charge in [-0.2, -0.15) is 0 Å². The first-order chi connectivity index (χ1) is 14.5. The predicted octanol–water partition coefficient (Wildman–Crippen LogP) is 2.88. The second kappa shape index (κ2) is 9.60. The lowest BCUT2D eigenvalue weighted by Gasteiger charge is -2.16. The third kappa shape index (κ3) is 4.96. The molecule has 1 aliphatic heterocycles. The average Bonchev–Trinajstić information content (AvgIpc) is 3.10. The van der Waals surface area contributed by atoms with Crippen LogP contribution in [0.25, 0.3) is 0 Å². The maximum Gasteiger partial charge on any atom is 0.348 e. The first-order valence-electron chi connectivity index (χ1n) is 9.45. The minimum atomic E-state index is -1.15. The highest BCUT2D eigenvalue weighted by Crippen LogP contribution is 2.24. The summed E-state index contributed by atoms with van der Waals surface area (Å²) in [5, 5.41) is 5.55. The number of anilines is 2. The van der Waals surface area contributed by atoms with Gasteiger partial charge in [-0.1, -0.05) is 30.3 Å². The highest BCUT2D eigenvalue weighted by molar-refractivity contribution is 6.20. The first-order valence-corrected chi connectivity index (χ1v) is 9.45. The highest BCUT2D eigenvalue weighted by atomic mass is 16.6. The van der Waals surface area contributed by atoms with Crippen molar-refractivity contribution in [2.45, 2.75) is 20.0 Å². The van der Waals surface area contributed by atoms with Crippen molar-refractivity contribution in [1.29, 1.82) is 0 Å². The van der Waals surface area contributed by atoms with E-state index < -0.39 is 23.8 Å². The minimum Gasteiger partial charge on any atom is -0.492 e. The smallest absolute Gasteiger partial charge is 0.348 e. The van der Waals surface area contributed by atoms with E-state index in [1.54, 1.807) is 48.5 Å². The van der Waals surface area contributed by atoms with E-state index in [0.29, 0.717) is 23.7 Å². The van der Waals surface area contributed by atoms with Gasteiger partial charge < -0.3 is 24.8 Å². The van der Waals surface area contributed by atoms with Crippen molar-refractivity contribution in [1.82, 2.24) is 0 Å². The van der Waals surface area contributed by atoms with Crippen LogP contribution in [0.2, 0.25) is 0 Å². The zero-order chi connectivity index (χ0) is 21.5. The van der Waals surface area contributed by atoms with Gasteiger partial charge in [0.2, 0.25) is 11.7 Å². The number of para-hydroxylation sites is 3. The van der Waals surface area contributed by atoms with E-state index in [0.717, 1.165) is 0 Å². The van der Waals surface area contributed by atoms with Crippen molar-refractivity contribution in [2.24, 2.45) is 0 Å². The van der Waals surface area contributed by atoms with Crippen LogP contribution in [0.5, 0.6) is 5.75 Å². The van der Waals surface area contributed by atoms with Crippen molar-refractivity contribution < 1.29 is 28.6 Å². The fraction of sp³-hybridized carbons (Fsp3) is 0.227. The number of carbonyl (C=O) groups is 3. The SMILES string of the molecule is CCOc1ccccc1NC(=O)[C@H](C)OC(=O)C1=C(Nc2ccccc2)OCC1=O. The molecule has 8 heteroatoms. The summed E-state index contributed by atoms with van der Waals surface area (Å²) in [5.41, 5.74) is 0.845. The molecule has 0 spiro atoms. The minimum absolute atomic E-state index is 0.00509. The van der Waals surface area contributed by atoms with Crippen LogP contribution in [0, 0.1) is 0 Å². The van der Waals surface area contributed by atoms with Crippen LogP contribution in [-0.2, 0) is 23.9 Å². The van der Waals surface area contributed by atoms with Gasteiger partial charge >= 0.3 is 5.97 Å². The van der Waals surface area contributed by atoms with Gasteiger partial charge in [0, 0.05) is 5.69 Å². The molecule has 1 aliphatic rings. The van der Waals surface area contributed by atoms with E-state index >= 15 is 0 Å². The van der Waals surface area contributed by atoms with Crippen LogP contribution in [-0.4, -0.2) is 37.0 Å². The maximum atomic E-state index is 12.6. The van der Waals surface area contributed by atoms with Gasteiger partial charge in [-0.05, 0) is 38.1 Å². The molecule has 2 aromatic carbocycles. The van der Waals surface area contributed by atoms with E-state index in [4.69, 9.17) is 14.2 Å². The van der Waals surface area contributed by atoms with Gasteiger partial charge in [-0.3, -0.25) is 9.59 Å². The summed E-state index contributed by atoms with van der Waals surface area (Å²) in [4.78, 5) is 37.2. The van der Waals surface area contributed by atoms with Crippen LogP contribution in [0.4, 0.5) is 11.4 Å². The lowest BCUT2D eigenvalue weighted by atomic mass is 10.2. The Bertz CT molecular complexity index is 971. The molecular weight excluding hydrogens is 388 g/mol. The van der Waals surface area contributed by atoms with Crippen molar-refractivity contribution in [3.63, 3.8) is 0 Å². The Balaban J connectivity index is 1.68. The van der Waals surface area contributed by atoms with E-state index in [2.05, 4.69) is 10.6 Å². The number of benzene rings is 2. The number of Topliss-reactive ketones (excluding diaryl/α,β-unsaturated/α-hetero) is 1. The summed E-state index contributed by atoms with van der Waals surface area (Å²) in [5.74, 6) is -1.50. The number of amides is 1. The number of nitrogens with one attached hydrogen (secondary N) is 2. The number of rotatable bonds is 8. The predicted molar refractivity (Wildman–Crippen MR) is 110 cm³/mol. The normalized spacial score (nSPS) is 14.0. The Morgan fingerprint density at radius 1 is 1.10 bits per heavy atom. The number of ketones is 1. The van der Waals surface area contributed by atoms with Gasteiger partial charge in [0.25, 0.3) is 5.91 Å². The molecule has 0 radical (unpaired) electrons. The molecule has 0 saturated carbocycles. The average molecular weight is 410 g/mol. The monoisotopic (exact) mass is 410 g/mol. The highest BCUT2D eigenvalue weighted by Gasteiger charge is 2.34. The molecule has 8 nitrogen and oxygen atoms in total. The second-order valence-electron chi connectivity index (χ2n) is 6.37. The van der Waals surface area contributed by atoms with E-state index in [1.807, 2.05) is 13.0 Å². The van der Waals surface area contributed by atoms with Gasteiger partial charge in [-0.25, -0.2) is 4.79 Å². The Hall–Kier alpha value is -3.81. The van der Waals surface area contributed by atoms with Crippen molar-refractivity contribution in [2.75, 3.05) is 23.8 Å². The fourth-order valence-corrected chi connectivity index (χ4v) is 2.73. The molecule has 1 amide bonds. The number of carbonyl (C=O) groups excluding carboxylic acids is 3. The number of ether oxygens (including phenoxy) is 3. The molecule has 1 heterocycles. The zero-order valence-electron chi connectivity index (χ0n) is 16.6. The zero-order valence-corrected chi connectivity index (χ0v) is 16.6. The Kier molecular flexibility index (Phi) is 6.69. The van der Waals surface area contributed by atoms with Crippen LogP contribution < -0.4 is 15.4 Å². The topological polar surface area (TPSA) is 103 Å². The van der Waals surface area contributed by atoms with Crippen molar-refractivity contribution in [3.8, 4) is 5.75 Å². The summed E-state index contributed by atoms with van der Waals surface area (Å²) in [6, 6.07) is 15.9. The molecule has 3 rings (SSSR count). The molecule has 30 heavy (non-hydrogen) atoms. The second-order valence-corrected chi connectivity index (χ2v) is 6.37. The van der Waals surface area contributed by atoms with Crippen LogP contribution in [0.3, 0.4) is 0 Å². The van der Waals surface area contributed by atoms with Gasteiger partial charge in [0.15, 0.2) is 18.3 Å².